The third-order valence-corrected chi connectivity index (χ3v) is 3.92. The van der Waals surface area contributed by atoms with E-state index in [1.165, 1.54) is 7.11 Å². The van der Waals surface area contributed by atoms with Crippen LogP contribution < -0.4 is 0 Å². The van der Waals surface area contributed by atoms with E-state index in [1.54, 1.807) is 4.68 Å². The highest BCUT2D eigenvalue weighted by atomic mass is 79.9. The lowest BCUT2D eigenvalue weighted by molar-refractivity contribution is 0.0592. The molecule has 0 saturated carbocycles. The van der Waals surface area contributed by atoms with Crippen molar-refractivity contribution >= 4 is 37.8 Å². The first-order valence-electron chi connectivity index (χ1n) is 5.14. The van der Waals surface area contributed by atoms with Crippen LogP contribution in [0.1, 0.15) is 16.2 Å². The minimum absolute atomic E-state index is 0.273. The summed E-state index contributed by atoms with van der Waals surface area (Å²) in [6.07, 6.45) is 0. The molecule has 0 aliphatic carbocycles. The van der Waals surface area contributed by atoms with Gasteiger partial charge in [-0.1, -0.05) is 22.0 Å². The molecule has 1 aromatic carbocycles. The number of carbonyl (C=O) groups is 1. The fraction of sp³-hybridized carbons (Fsp3) is 0.167. The molecule has 4 nitrogen and oxygen atoms in total. The summed E-state index contributed by atoms with van der Waals surface area (Å²) in [5.74, 6) is -0.460. The number of methoxy groups -OCH3 is 1. The summed E-state index contributed by atoms with van der Waals surface area (Å²) in [5, 5.41) is 4.27. The average Bonchev–Trinajstić information content (AvgIpc) is 2.66. The van der Waals surface area contributed by atoms with Crippen molar-refractivity contribution in [2.24, 2.45) is 0 Å². The molecule has 1 heterocycles. The maximum Gasteiger partial charge on any atom is 0.359 e. The molecule has 18 heavy (non-hydrogen) atoms. The van der Waals surface area contributed by atoms with E-state index in [0.29, 0.717) is 4.47 Å². The number of ether oxygens (including phenoxy) is 1. The second kappa shape index (κ2) is 5.24. The van der Waals surface area contributed by atoms with E-state index in [-0.39, 0.29) is 5.69 Å². The molecule has 0 unspecified atom stereocenters. The van der Waals surface area contributed by atoms with Crippen LogP contribution in [0.2, 0.25) is 0 Å². The van der Waals surface area contributed by atoms with Gasteiger partial charge in [0.15, 0.2) is 5.69 Å². The van der Waals surface area contributed by atoms with E-state index in [2.05, 4.69) is 37.0 Å². The van der Waals surface area contributed by atoms with Crippen LogP contribution in [0.5, 0.6) is 0 Å². The highest BCUT2D eigenvalue weighted by molar-refractivity contribution is 9.10. The van der Waals surface area contributed by atoms with Crippen LogP contribution >= 0.6 is 31.9 Å². The van der Waals surface area contributed by atoms with E-state index in [0.717, 1.165) is 15.9 Å². The summed E-state index contributed by atoms with van der Waals surface area (Å²) in [5.41, 5.74) is 1.99. The molecule has 0 N–H and O–H groups in total. The molecular formula is C12H10Br2N2O2. The van der Waals surface area contributed by atoms with E-state index >= 15 is 0 Å². The predicted molar refractivity (Wildman–Crippen MR) is 75.0 cm³/mol. The number of nitrogens with zero attached hydrogens (tertiary/aromatic N) is 2. The van der Waals surface area contributed by atoms with Gasteiger partial charge in [0.2, 0.25) is 0 Å². The summed E-state index contributed by atoms with van der Waals surface area (Å²) in [7, 11) is 1.34. The molecule has 2 rings (SSSR count). The molecule has 1 aromatic heterocycles. The van der Waals surface area contributed by atoms with Gasteiger partial charge in [0.05, 0.1) is 23.0 Å². The zero-order valence-electron chi connectivity index (χ0n) is 9.78. The molecule has 2 aromatic rings. The Morgan fingerprint density at radius 2 is 2.11 bits per heavy atom. The summed E-state index contributed by atoms with van der Waals surface area (Å²) >= 11 is 6.77. The summed E-state index contributed by atoms with van der Waals surface area (Å²) < 4.78 is 7.98. The van der Waals surface area contributed by atoms with Crippen molar-refractivity contribution in [3.8, 4) is 5.69 Å². The van der Waals surface area contributed by atoms with Crippen molar-refractivity contribution in [3.05, 3.63) is 44.6 Å². The smallest absolute Gasteiger partial charge is 0.359 e. The largest absolute Gasteiger partial charge is 0.464 e. The molecular weight excluding hydrogens is 364 g/mol. The van der Waals surface area contributed by atoms with Gasteiger partial charge in [0.25, 0.3) is 0 Å². The Morgan fingerprint density at radius 3 is 2.72 bits per heavy atom. The van der Waals surface area contributed by atoms with Crippen LogP contribution in [0.3, 0.4) is 0 Å². The van der Waals surface area contributed by atoms with Crippen molar-refractivity contribution in [3.63, 3.8) is 0 Å². The Bertz CT molecular complexity index is 608. The summed E-state index contributed by atoms with van der Waals surface area (Å²) in [6, 6.07) is 7.68. The van der Waals surface area contributed by atoms with Gasteiger partial charge >= 0.3 is 5.97 Å². The molecule has 0 amide bonds. The second-order valence-corrected chi connectivity index (χ2v) is 5.34. The van der Waals surface area contributed by atoms with Crippen LogP contribution in [-0.2, 0) is 4.74 Å². The summed E-state index contributed by atoms with van der Waals surface area (Å²) in [4.78, 5) is 11.6. The first kappa shape index (κ1) is 13.3. The van der Waals surface area contributed by atoms with Crippen molar-refractivity contribution in [2.75, 3.05) is 7.11 Å². The number of hydrogen-bond donors (Lipinski definition) is 0. The zero-order chi connectivity index (χ0) is 13.3. The number of esters is 1. The monoisotopic (exact) mass is 372 g/mol. The van der Waals surface area contributed by atoms with Crippen LogP contribution in [0.25, 0.3) is 5.69 Å². The normalized spacial score (nSPS) is 10.4. The van der Waals surface area contributed by atoms with Gasteiger partial charge in [-0.25, -0.2) is 9.48 Å². The first-order valence-corrected chi connectivity index (χ1v) is 6.72. The third-order valence-electron chi connectivity index (χ3n) is 2.47. The Hall–Kier alpha value is -1.14. The molecule has 0 radical (unpaired) electrons. The maximum absolute atomic E-state index is 11.6. The van der Waals surface area contributed by atoms with Gasteiger partial charge in [-0.3, -0.25) is 0 Å². The van der Waals surface area contributed by atoms with E-state index < -0.39 is 5.97 Å². The van der Waals surface area contributed by atoms with Crippen LogP contribution in [0.4, 0.5) is 0 Å². The summed E-state index contributed by atoms with van der Waals surface area (Å²) in [6.45, 7) is 1.88. The Balaban J connectivity index is 2.56. The highest BCUT2D eigenvalue weighted by Gasteiger charge is 2.20. The molecule has 94 valence electrons. The molecule has 6 heteroatoms. The van der Waals surface area contributed by atoms with Gasteiger partial charge < -0.3 is 4.74 Å². The number of aromatic nitrogens is 2. The predicted octanol–water partition coefficient (Wildman–Crippen LogP) is 3.49. The van der Waals surface area contributed by atoms with Crippen LogP contribution in [-0.4, -0.2) is 22.9 Å². The van der Waals surface area contributed by atoms with Gasteiger partial charge in [0, 0.05) is 4.47 Å². The molecule has 0 bridgehead atoms. The Labute approximate surface area is 121 Å². The number of carbonyl (C=O) groups excluding carboxylic acids is 1. The molecule has 0 fully saturated rings. The molecule has 0 aliphatic rings. The van der Waals surface area contributed by atoms with Gasteiger partial charge in [-0.15, -0.1) is 0 Å². The molecule has 0 saturated heterocycles. The Morgan fingerprint density at radius 1 is 1.39 bits per heavy atom. The lowest BCUT2D eigenvalue weighted by Crippen LogP contribution is -2.04. The van der Waals surface area contributed by atoms with Crippen LogP contribution in [0, 0.1) is 6.92 Å². The van der Waals surface area contributed by atoms with E-state index in [1.807, 2.05) is 31.2 Å². The van der Waals surface area contributed by atoms with Crippen molar-refractivity contribution in [1.29, 1.82) is 0 Å². The highest BCUT2D eigenvalue weighted by Crippen LogP contribution is 2.25. The Kier molecular flexibility index (Phi) is 3.87. The topological polar surface area (TPSA) is 44.1 Å². The lowest BCUT2D eigenvalue weighted by Gasteiger charge is -2.04. The van der Waals surface area contributed by atoms with E-state index in [9.17, 15) is 4.79 Å². The minimum atomic E-state index is -0.460. The van der Waals surface area contributed by atoms with Gasteiger partial charge in [0.1, 0.15) is 0 Å². The second-order valence-electron chi connectivity index (χ2n) is 3.63. The molecule has 0 aliphatic heterocycles. The fourth-order valence-electron chi connectivity index (χ4n) is 1.57. The zero-order valence-corrected chi connectivity index (χ0v) is 12.9. The SMILES string of the molecule is COC(=O)c1nn(-c2cccc(Br)c2)c(C)c1Br. The lowest BCUT2D eigenvalue weighted by atomic mass is 10.3. The maximum atomic E-state index is 11.6. The van der Waals surface area contributed by atoms with Crippen molar-refractivity contribution in [2.45, 2.75) is 6.92 Å². The van der Waals surface area contributed by atoms with Gasteiger partial charge in [-0.05, 0) is 41.1 Å². The number of halogens is 2. The molecule has 0 atom stereocenters. The average molecular weight is 374 g/mol. The number of rotatable bonds is 2. The van der Waals surface area contributed by atoms with Gasteiger partial charge in [-0.2, -0.15) is 5.10 Å². The standard InChI is InChI=1S/C12H10Br2N2O2/c1-7-10(14)11(12(17)18-2)15-16(7)9-5-3-4-8(13)6-9/h3-6H,1-2H3. The van der Waals surface area contributed by atoms with E-state index in [4.69, 9.17) is 4.74 Å². The van der Waals surface area contributed by atoms with Crippen molar-refractivity contribution < 1.29 is 9.53 Å². The number of hydrogen-bond acceptors (Lipinski definition) is 3. The van der Waals surface area contributed by atoms with Crippen molar-refractivity contribution in [1.82, 2.24) is 9.78 Å². The first-order chi connectivity index (χ1) is 8.54. The molecule has 0 spiro atoms. The fourth-order valence-corrected chi connectivity index (χ4v) is 2.37. The quantitative estimate of drug-likeness (QED) is 0.757. The van der Waals surface area contributed by atoms with Crippen LogP contribution in [0.15, 0.2) is 33.2 Å². The minimum Gasteiger partial charge on any atom is -0.464 e. The third kappa shape index (κ3) is 2.35. The number of benzene rings is 1.